The number of nitrogens with one attached hydrogen (secondary N) is 1. The first-order valence-corrected chi connectivity index (χ1v) is 6.11. The molecule has 1 atom stereocenters. The summed E-state index contributed by atoms with van der Waals surface area (Å²) < 4.78 is 5.08. The lowest BCUT2D eigenvalue weighted by molar-refractivity contribution is -0.384. The van der Waals surface area contributed by atoms with Crippen molar-refractivity contribution in [3.05, 3.63) is 22.2 Å². The molecule has 0 aliphatic heterocycles. The number of hydrogen-bond acceptors (Lipinski definition) is 6. The highest BCUT2D eigenvalue weighted by molar-refractivity contribution is 5.56. The van der Waals surface area contributed by atoms with E-state index in [0.717, 1.165) is 0 Å². The van der Waals surface area contributed by atoms with Gasteiger partial charge in [-0.1, -0.05) is 0 Å². The predicted molar refractivity (Wildman–Crippen MR) is 74.8 cm³/mol. The van der Waals surface area contributed by atoms with Crippen molar-refractivity contribution in [2.75, 3.05) is 37.5 Å². The van der Waals surface area contributed by atoms with E-state index in [9.17, 15) is 10.1 Å². The van der Waals surface area contributed by atoms with Crippen LogP contribution in [-0.2, 0) is 4.74 Å². The Morgan fingerprint density at radius 2 is 2.26 bits per heavy atom. The van der Waals surface area contributed by atoms with Gasteiger partial charge in [-0.3, -0.25) is 10.1 Å². The van der Waals surface area contributed by atoms with E-state index in [0.29, 0.717) is 24.8 Å². The maximum atomic E-state index is 10.9. The van der Waals surface area contributed by atoms with E-state index >= 15 is 0 Å². The van der Waals surface area contributed by atoms with Crippen molar-refractivity contribution in [1.29, 1.82) is 0 Å². The third kappa shape index (κ3) is 4.06. The summed E-state index contributed by atoms with van der Waals surface area (Å²) in [4.78, 5) is 16.7. The molecule has 1 aromatic rings. The number of likely N-dealkylation sites (N-methyl/N-ethyl adjacent to an activating group) is 1. The van der Waals surface area contributed by atoms with Crippen molar-refractivity contribution in [3.63, 3.8) is 0 Å². The zero-order valence-corrected chi connectivity index (χ0v) is 11.7. The average molecular weight is 268 g/mol. The van der Waals surface area contributed by atoms with Crippen LogP contribution in [0.15, 0.2) is 12.1 Å². The van der Waals surface area contributed by atoms with Crippen molar-refractivity contribution >= 4 is 17.3 Å². The van der Waals surface area contributed by atoms with E-state index in [4.69, 9.17) is 4.74 Å². The van der Waals surface area contributed by atoms with Crippen molar-refractivity contribution in [3.8, 4) is 0 Å². The lowest BCUT2D eigenvalue weighted by Crippen LogP contribution is -2.33. The summed E-state index contributed by atoms with van der Waals surface area (Å²) in [7, 11) is 3.46. The number of aromatic nitrogens is 1. The van der Waals surface area contributed by atoms with E-state index in [1.807, 2.05) is 25.8 Å². The van der Waals surface area contributed by atoms with E-state index in [1.165, 1.54) is 12.1 Å². The monoisotopic (exact) mass is 268 g/mol. The largest absolute Gasteiger partial charge is 0.383 e. The zero-order valence-electron chi connectivity index (χ0n) is 11.7. The number of pyridine rings is 1. The van der Waals surface area contributed by atoms with Gasteiger partial charge in [0.15, 0.2) is 0 Å². The van der Waals surface area contributed by atoms with E-state index < -0.39 is 4.92 Å². The number of hydrogen-bond donors (Lipinski definition) is 1. The summed E-state index contributed by atoms with van der Waals surface area (Å²) in [5, 5.41) is 13.9. The second kappa shape index (κ2) is 6.89. The Hall–Kier alpha value is -1.89. The highest BCUT2D eigenvalue weighted by atomic mass is 16.6. The van der Waals surface area contributed by atoms with E-state index in [2.05, 4.69) is 10.3 Å². The maximum absolute atomic E-state index is 10.9. The van der Waals surface area contributed by atoms with Crippen LogP contribution in [0.4, 0.5) is 17.3 Å². The molecule has 0 aliphatic carbocycles. The molecule has 1 aromatic heterocycles. The Kier molecular flexibility index (Phi) is 5.50. The van der Waals surface area contributed by atoms with Crippen LogP contribution in [0.1, 0.15) is 13.8 Å². The number of nitro groups is 1. The Morgan fingerprint density at radius 3 is 2.79 bits per heavy atom. The molecule has 1 rings (SSSR count). The number of nitrogens with zero attached hydrogens (tertiary/aromatic N) is 3. The van der Waals surface area contributed by atoms with Crippen LogP contribution >= 0.6 is 0 Å². The van der Waals surface area contributed by atoms with Crippen molar-refractivity contribution in [2.24, 2.45) is 0 Å². The second-order valence-electron chi connectivity index (χ2n) is 4.27. The van der Waals surface area contributed by atoms with Crippen molar-refractivity contribution < 1.29 is 9.66 Å². The first kappa shape index (κ1) is 15.2. The van der Waals surface area contributed by atoms with Crippen LogP contribution in [-0.4, -0.2) is 43.3 Å². The van der Waals surface area contributed by atoms with Crippen LogP contribution in [0, 0.1) is 10.1 Å². The Morgan fingerprint density at radius 1 is 1.58 bits per heavy atom. The van der Waals surface area contributed by atoms with Gasteiger partial charge >= 0.3 is 0 Å². The van der Waals surface area contributed by atoms with Gasteiger partial charge in [-0.25, -0.2) is 4.98 Å². The molecule has 0 radical (unpaired) electrons. The first-order valence-electron chi connectivity index (χ1n) is 6.11. The molecule has 0 amide bonds. The van der Waals surface area contributed by atoms with Crippen molar-refractivity contribution in [1.82, 2.24) is 4.98 Å². The fourth-order valence-electron chi connectivity index (χ4n) is 1.64. The molecule has 0 saturated heterocycles. The highest BCUT2D eigenvalue weighted by Crippen LogP contribution is 2.23. The second-order valence-corrected chi connectivity index (χ2v) is 4.27. The first-order chi connectivity index (χ1) is 8.99. The molecule has 1 N–H and O–H groups in total. The van der Waals surface area contributed by atoms with Gasteiger partial charge in [0.2, 0.25) is 0 Å². The van der Waals surface area contributed by atoms with Crippen LogP contribution in [0.5, 0.6) is 0 Å². The minimum absolute atomic E-state index is 0.0254. The molecule has 0 aliphatic rings. The molecule has 0 spiro atoms. The number of methoxy groups -OCH3 is 1. The Labute approximate surface area is 112 Å². The molecular formula is C12H20N4O3. The quantitative estimate of drug-likeness (QED) is 0.601. The highest BCUT2D eigenvalue weighted by Gasteiger charge is 2.16. The van der Waals surface area contributed by atoms with Crippen molar-refractivity contribution in [2.45, 2.75) is 19.9 Å². The third-order valence-corrected chi connectivity index (χ3v) is 2.80. The van der Waals surface area contributed by atoms with Gasteiger partial charge < -0.3 is 15.0 Å². The normalized spacial score (nSPS) is 12.0. The summed E-state index contributed by atoms with van der Waals surface area (Å²) in [5.41, 5.74) is 0.0254. The van der Waals surface area contributed by atoms with E-state index in [-0.39, 0.29) is 11.7 Å². The smallest absolute Gasteiger partial charge is 0.276 e. The molecule has 0 saturated carbocycles. The summed E-state index contributed by atoms with van der Waals surface area (Å²) in [6.45, 7) is 5.07. The Balaban J connectivity index is 3.07. The predicted octanol–water partition coefficient (Wildman–Crippen LogP) is 1.89. The summed E-state index contributed by atoms with van der Waals surface area (Å²) in [6, 6.07) is 2.98. The Bertz CT molecular complexity index is 439. The molecule has 19 heavy (non-hydrogen) atoms. The standard InChI is InChI=1S/C12H20N4O3/c1-5-13-11-6-10(16(17)18)7-12(14-11)15(3)9(2)8-19-4/h6-7,9H,5,8H2,1-4H3,(H,13,14). The summed E-state index contributed by atoms with van der Waals surface area (Å²) in [5.74, 6) is 1.05. The molecule has 0 aromatic carbocycles. The number of rotatable bonds is 7. The fraction of sp³-hybridized carbons (Fsp3) is 0.583. The molecule has 0 bridgehead atoms. The minimum atomic E-state index is -0.416. The van der Waals surface area contributed by atoms with Gasteiger partial charge in [0.05, 0.1) is 29.7 Å². The molecule has 1 heterocycles. The van der Waals surface area contributed by atoms with Crippen LogP contribution in [0.25, 0.3) is 0 Å². The minimum Gasteiger partial charge on any atom is -0.383 e. The van der Waals surface area contributed by atoms with Gasteiger partial charge in [0, 0.05) is 20.7 Å². The summed E-state index contributed by atoms with van der Waals surface area (Å²) >= 11 is 0. The van der Waals surface area contributed by atoms with Crippen LogP contribution in [0.3, 0.4) is 0 Å². The van der Waals surface area contributed by atoms with Gasteiger partial charge in [-0.05, 0) is 13.8 Å². The van der Waals surface area contributed by atoms with Gasteiger partial charge in [0.1, 0.15) is 11.6 Å². The topological polar surface area (TPSA) is 80.5 Å². The van der Waals surface area contributed by atoms with Gasteiger partial charge in [-0.2, -0.15) is 0 Å². The molecule has 7 heteroatoms. The maximum Gasteiger partial charge on any atom is 0.276 e. The summed E-state index contributed by atoms with van der Waals surface area (Å²) in [6.07, 6.45) is 0. The molecule has 1 unspecified atom stereocenters. The third-order valence-electron chi connectivity index (χ3n) is 2.80. The van der Waals surface area contributed by atoms with E-state index in [1.54, 1.807) is 7.11 Å². The number of anilines is 2. The zero-order chi connectivity index (χ0) is 14.4. The fourth-order valence-corrected chi connectivity index (χ4v) is 1.64. The lowest BCUT2D eigenvalue weighted by Gasteiger charge is -2.25. The lowest BCUT2D eigenvalue weighted by atomic mass is 10.3. The molecule has 106 valence electrons. The average Bonchev–Trinajstić information content (AvgIpc) is 2.38. The molecule has 7 nitrogen and oxygen atoms in total. The molecule has 0 fully saturated rings. The molecular weight excluding hydrogens is 248 g/mol. The van der Waals surface area contributed by atoms with Crippen LogP contribution < -0.4 is 10.2 Å². The van der Waals surface area contributed by atoms with Gasteiger partial charge in [-0.15, -0.1) is 0 Å². The van der Waals surface area contributed by atoms with Crippen LogP contribution in [0.2, 0.25) is 0 Å². The van der Waals surface area contributed by atoms with Gasteiger partial charge in [0.25, 0.3) is 5.69 Å². The SMILES string of the molecule is CCNc1cc([N+](=O)[O-])cc(N(C)C(C)COC)n1. The number of ether oxygens (including phenoxy) is 1.